The van der Waals surface area contributed by atoms with Gasteiger partial charge in [0, 0.05) is 49.0 Å². The van der Waals surface area contributed by atoms with Gasteiger partial charge in [-0.15, -0.1) is 0 Å². The van der Waals surface area contributed by atoms with E-state index in [0.717, 1.165) is 54.3 Å². The van der Waals surface area contributed by atoms with Crippen LogP contribution in [-0.2, 0) is 16.1 Å². The van der Waals surface area contributed by atoms with Crippen LogP contribution in [-0.4, -0.2) is 48.6 Å². The summed E-state index contributed by atoms with van der Waals surface area (Å²) in [5, 5.41) is 6.31. The van der Waals surface area contributed by atoms with E-state index < -0.39 is 0 Å². The highest BCUT2D eigenvalue weighted by Crippen LogP contribution is 2.16. The second kappa shape index (κ2) is 9.66. The summed E-state index contributed by atoms with van der Waals surface area (Å²) in [6.07, 6.45) is 4.02. The highest BCUT2D eigenvalue weighted by Gasteiger charge is 2.12. The van der Waals surface area contributed by atoms with E-state index >= 15 is 0 Å². The molecule has 2 N–H and O–H groups in total. The molecular weight excluding hydrogens is 396 g/mol. The van der Waals surface area contributed by atoms with E-state index in [0.29, 0.717) is 13.0 Å². The molecule has 7 heteroatoms. The number of carbonyl (C=O) groups excluding carboxylic acids is 1. The zero-order chi connectivity index (χ0) is 18.2. The molecule has 1 amide bonds. The number of nitrogens with one attached hydrogen (secondary N) is 2. The lowest BCUT2D eigenvalue weighted by Gasteiger charge is -2.26. The van der Waals surface area contributed by atoms with Gasteiger partial charge >= 0.3 is 0 Å². The topological polar surface area (TPSA) is 66.5 Å². The monoisotopic (exact) mass is 418 g/mol. The second-order valence-electron chi connectivity index (χ2n) is 6.20. The predicted octanol–water partition coefficient (Wildman–Crippen LogP) is 3.12. The predicted molar refractivity (Wildman–Crippen MR) is 106 cm³/mol. The zero-order valence-electron chi connectivity index (χ0n) is 14.6. The second-order valence-corrected chi connectivity index (χ2v) is 7.11. The van der Waals surface area contributed by atoms with Crippen molar-refractivity contribution < 1.29 is 9.53 Å². The quantitative estimate of drug-likeness (QED) is 0.722. The lowest BCUT2D eigenvalue weighted by molar-refractivity contribution is -0.116. The van der Waals surface area contributed by atoms with Crippen molar-refractivity contribution in [2.24, 2.45) is 0 Å². The molecule has 2 heterocycles. The molecule has 0 radical (unpaired) electrons. The molecule has 0 spiro atoms. The number of ether oxygens (including phenoxy) is 1. The molecule has 1 aromatic heterocycles. The standard InChI is InChI=1S/C19H23BrN4O2/c20-16-11-18(14-21-13-16)22-12-15-2-1-3-17(10-15)23-19(25)4-5-24-6-8-26-9-7-24/h1-3,10-11,13-14,22H,4-9,12H2,(H,23,25). The lowest BCUT2D eigenvalue weighted by atomic mass is 10.2. The molecule has 0 saturated carbocycles. The van der Waals surface area contributed by atoms with Crippen molar-refractivity contribution in [3.63, 3.8) is 0 Å². The molecule has 1 fully saturated rings. The van der Waals surface area contributed by atoms with Gasteiger partial charge in [-0.3, -0.25) is 14.7 Å². The first-order valence-electron chi connectivity index (χ1n) is 8.72. The molecule has 1 aromatic carbocycles. The van der Waals surface area contributed by atoms with Crippen molar-refractivity contribution in [2.45, 2.75) is 13.0 Å². The first kappa shape index (κ1) is 18.8. The van der Waals surface area contributed by atoms with E-state index in [1.807, 2.05) is 30.3 Å². The van der Waals surface area contributed by atoms with Crippen LogP contribution in [0, 0.1) is 0 Å². The lowest BCUT2D eigenvalue weighted by Crippen LogP contribution is -2.38. The molecule has 1 aliphatic rings. The van der Waals surface area contributed by atoms with Crippen LogP contribution in [0.5, 0.6) is 0 Å². The third-order valence-electron chi connectivity index (χ3n) is 4.17. The van der Waals surface area contributed by atoms with Crippen LogP contribution in [0.25, 0.3) is 0 Å². The Morgan fingerprint density at radius 1 is 1.19 bits per heavy atom. The number of hydrogen-bond donors (Lipinski definition) is 2. The Balaban J connectivity index is 1.47. The van der Waals surface area contributed by atoms with Crippen LogP contribution in [0.3, 0.4) is 0 Å². The normalized spacial score (nSPS) is 14.8. The first-order valence-corrected chi connectivity index (χ1v) is 9.52. The van der Waals surface area contributed by atoms with Crippen LogP contribution in [0.2, 0.25) is 0 Å². The molecule has 1 saturated heterocycles. The Bertz CT molecular complexity index is 735. The molecular formula is C19H23BrN4O2. The van der Waals surface area contributed by atoms with E-state index in [1.54, 1.807) is 12.4 Å². The van der Waals surface area contributed by atoms with E-state index in [2.05, 4.69) is 36.4 Å². The average molecular weight is 419 g/mol. The fraction of sp³-hybridized carbons (Fsp3) is 0.368. The molecule has 6 nitrogen and oxygen atoms in total. The van der Waals surface area contributed by atoms with Gasteiger partial charge in [0.05, 0.1) is 25.1 Å². The fourth-order valence-electron chi connectivity index (χ4n) is 2.78. The van der Waals surface area contributed by atoms with Crippen molar-refractivity contribution in [3.05, 3.63) is 52.8 Å². The van der Waals surface area contributed by atoms with Crippen molar-refractivity contribution in [1.29, 1.82) is 0 Å². The number of nitrogens with zero attached hydrogens (tertiary/aromatic N) is 2. The Kier molecular flexibility index (Phi) is 6.99. The Morgan fingerprint density at radius 2 is 2.04 bits per heavy atom. The summed E-state index contributed by atoms with van der Waals surface area (Å²) in [5.74, 6) is 0.0396. The minimum Gasteiger partial charge on any atom is -0.380 e. The van der Waals surface area contributed by atoms with Crippen molar-refractivity contribution >= 4 is 33.2 Å². The third kappa shape index (κ3) is 6.09. The molecule has 2 aromatic rings. The van der Waals surface area contributed by atoms with E-state index in [-0.39, 0.29) is 5.91 Å². The molecule has 0 bridgehead atoms. The van der Waals surface area contributed by atoms with E-state index in [1.165, 1.54) is 0 Å². The maximum Gasteiger partial charge on any atom is 0.225 e. The summed E-state index contributed by atoms with van der Waals surface area (Å²) in [4.78, 5) is 18.6. The van der Waals surface area contributed by atoms with E-state index in [4.69, 9.17) is 4.74 Å². The van der Waals surface area contributed by atoms with Gasteiger partial charge in [0.1, 0.15) is 0 Å². The largest absolute Gasteiger partial charge is 0.380 e. The van der Waals surface area contributed by atoms with Crippen molar-refractivity contribution in [1.82, 2.24) is 9.88 Å². The summed E-state index contributed by atoms with van der Waals surface area (Å²) in [6, 6.07) is 9.86. The smallest absolute Gasteiger partial charge is 0.225 e. The van der Waals surface area contributed by atoms with Crippen LogP contribution in [0.4, 0.5) is 11.4 Å². The Hall–Kier alpha value is -1.96. The van der Waals surface area contributed by atoms with Crippen molar-refractivity contribution in [2.75, 3.05) is 43.5 Å². The number of rotatable bonds is 7. The van der Waals surface area contributed by atoms with Gasteiger partial charge in [-0.25, -0.2) is 0 Å². The highest BCUT2D eigenvalue weighted by molar-refractivity contribution is 9.10. The number of carbonyl (C=O) groups is 1. The summed E-state index contributed by atoms with van der Waals surface area (Å²) < 4.78 is 6.26. The van der Waals surface area contributed by atoms with E-state index in [9.17, 15) is 4.79 Å². The molecule has 1 aliphatic heterocycles. The fourth-order valence-corrected chi connectivity index (χ4v) is 3.14. The Labute approximate surface area is 162 Å². The van der Waals surface area contributed by atoms with Crippen LogP contribution in [0.1, 0.15) is 12.0 Å². The number of morpholine rings is 1. The number of amides is 1. The van der Waals surface area contributed by atoms with Crippen molar-refractivity contribution in [3.8, 4) is 0 Å². The molecule has 0 unspecified atom stereocenters. The van der Waals surface area contributed by atoms with Crippen LogP contribution >= 0.6 is 15.9 Å². The zero-order valence-corrected chi connectivity index (χ0v) is 16.2. The number of halogens is 1. The number of anilines is 2. The number of pyridine rings is 1. The van der Waals surface area contributed by atoms with Crippen LogP contribution in [0.15, 0.2) is 47.2 Å². The number of hydrogen-bond acceptors (Lipinski definition) is 5. The maximum absolute atomic E-state index is 12.2. The van der Waals surface area contributed by atoms with Gasteiger partial charge in [0.2, 0.25) is 5.91 Å². The molecule has 0 atom stereocenters. The van der Waals surface area contributed by atoms with Gasteiger partial charge in [0.15, 0.2) is 0 Å². The molecule has 26 heavy (non-hydrogen) atoms. The maximum atomic E-state index is 12.2. The van der Waals surface area contributed by atoms with Gasteiger partial charge in [-0.1, -0.05) is 12.1 Å². The number of aromatic nitrogens is 1. The van der Waals surface area contributed by atoms with Gasteiger partial charge in [-0.05, 0) is 39.7 Å². The Morgan fingerprint density at radius 3 is 2.85 bits per heavy atom. The minimum absolute atomic E-state index is 0.0396. The summed E-state index contributed by atoms with van der Waals surface area (Å²) in [7, 11) is 0. The highest BCUT2D eigenvalue weighted by atomic mass is 79.9. The molecule has 3 rings (SSSR count). The summed E-state index contributed by atoms with van der Waals surface area (Å²) in [5.41, 5.74) is 2.86. The summed E-state index contributed by atoms with van der Waals surface area (Å²) in [6.45, 7) is 4.74. The molecule has 0 aliphatic carbocycles. The third-order valence-corrected chi connectivity index (χ3v) is 4.60. The van der Waals surface area contributed by atoms with Gasteiger partial charge < -0.3 is 15.4 Å². The first-order chi connectivity index (χ1) is 12.7. The summed E-state index contributed by atoms with van der Waals surface area (Å²) >= 11 is 3.41. The number of benzene rings is 1. The van der Waals surface area contributed by atoms with Gasteiger partial charge in [0.25, 0.3) is 0 Å². The van der Waals surface area contributed by atoms with Crippen LogP contribution < -0.4 is 10.6 Å². The van der Waals surface area contributed by atoms with Gasteiger partial charge in [-0.2, -0.15) is 0 Å². The molecule has 138 valence electrons. The SMILES string of the molecule is O=C(CCN1CCOCC1)Nc1cccc(CNc2cncc(Br)c2)c1. The average Bonchev–Trinajstić information content (AvgIpc) is 2.66. The minimum atomic E-state index is 0.0396.